The molecule has 1 amide bonds. The van der Waals surface area contributed by atoms with E-state index in [2.05, 4.69) is 11.4 Å². The van der Waals surface area contributed by atoms with Crippen molar-refractivity contribution < 1.29 is 9.69 Å². The van der Waals surface area contributed by atoms with Gasteiger partial charge in [0.05, 0.1) is 19.5 Å². The molecule has 0 radical (unpaired) electrons. The zero-order valence-electron chi connectivity index (χ0n) is 13.0. The third kappa shape index (κ3) is 5.41. The predicted molar refractivity (Wildman–Crippen MR) is 91.3 cm³/mol. The lowest BCUT2D eigenvalue weighted by atomic mass is 10.1. The van der Waals surface area contributed by atoms with Gasteiger partial charge >= 0.3 is 0 Å². The Morgan fingerprint density at radius 3 is 2.57 bits per heavy atom. The van der Waals surface area contributed by atoms with Gasteiger partial charge in [0, 0.05) is 16.3 Å². The Balaban J connectivity index is 1.86. The van der Waals surface area contributed by atoms with Gasteiger partial charge < -0.3 is 10.2 Å². The smallest absolute Gasteiger partial charge is 0.279 e. The first-order valence-electron chi connectivity index (χ1n) is 7.39. The van der Waals surface area contributed by atoms with Gasteiger partial charge in [-0.3, -0.25) is 4.79 Å². The number of hydrogen-bond acceptors (Lipinski definition) is 2. The first kappa shape index (κ1) is 17.0. The van der Waals surface area contributed by atoms with Gasteiger partial charge in [-0.1, -0.05) is 41.9 Å². The van der Waals surface area contributed by atoms with Crippen LogP contribution in [0.15, 0.2) is 48.5 Å². The number of benzene rings is 2. The second-order valence-corrected chi connectivity index (χ2v) is 5.89. The molecular formula is C18H19ClN3O+. The fourth-order valence-electron chi connectivity index (χ4n) is 2.31. The lowest BCUT2D eigenvalue weighted by molar-refractivity contribution is -0.885. The predicted octanol–water partition coefficient (Wildman–Crippen LogP) is 2.06. The van der Waals surface area contributed by atoms with Crippen molar-refractivity contribution in [1.82, 2.24) is 0 Å². The molecule has 0 fully saturated rings. The summed E-state index contributed by atoms with van der Waals surface area (Å²) in [6.45, 7) is 1.04. The lowest BCUT2D eigenvalue weighted by Crippen LogP contribution is -3.08. The summed E-state index contributed by atoms with van der Waals surface area (Å²) in [5, 5.41) is 12.2. The molecule has 4 nitrogen and oxygen atoms in total. The number of likely N-dealkylation sites (N-methyl/N-ethyl adjacent to an activating group) is 1. The number of quaternary nitrogens is 1. The Morgan fingerprint density at radius 1 is 1.22 bits per heavy atom. The topological polar surface area (TPSA) is 57.3 Å². The van der Waals surface area contributed by atoms with Crippen molar-refractivity contribution in [2.24, 2.45) is 0 Å². The van der Waals surface area contributed by atoms with Crippen LogP contribution >= 0.6 is 11.6 Å². The van der Waals surface area contributed by atoms with Crippen molar-refractivity contribution >= 4 is 23.2 Å². The third-order valence-electron chi connectivity index (χ3n) is 3.43. The second kappa shape index (κ2) is 8.33. The molecular weight excluding hydrogens is 310 g/mol. The van der Waals surface area contributed by atoms with Gasteiger partial charge in [-0.25, -0.2) is 0 Å². The van der Waals surface area contributed by atoms with Crippen LogP contribution in [0.5, 0.6) is 0 Å². The quantitative estimate of drug-likeness (QED) is 0.852. The highest BCUT2D eigenvalue weighted by atomic mass is 35.5. The number of nitriles is 1. The van der Waals surface area contributed by atoms with E-state index in [4.69, 9.17) is 16.9 Å². The second-order valence-electron chi connectivity index (χ2n) is 5.48. The molecule has 2 rings (SSSR count). The number of amides is 1. The highest BCUT2D eigenvalue weighted by Gasteiger charge is 2.12. The van der Waals surface area contributed by atoms with E-state index in [-0.39, 0.29) is 5.91 Å². The standard InChI is InChI=1S/C18H18ClN3O/c1-22(12-15-4-2-3-5-17(15)19)13-18(23)21-16-8-6-14(7-9-16)10-11-20/h2-9H,10,12-13H2,1H3,(H,21,23)/p+1. The Morgan fingerprint density at radius 2 is 1.91 bits per heavy atom. The van der Waals surface area contributed by atoms with Crippen LogP contribution in [0, 0.1) is 11.3 Å². The summed E-state index contributed by atoms with van der Waals surface area (Å²) in [5.74, 6) is -0.0532. The number of carbonyl (C=O) groups is 1. The van der Waals surface area contributed by atoms with E-state index in [1.54, 1.807) is 0 Å². The lowest BCUT2D eigenvalue weighted by Gasteiger charge is -2.14. The maximum absolute atomic E-state index is 12.1. The molecule has 0 heterocycles. The minimum Gasteiger partial charge on any atom is -0.326 e. The minimum absolute atomic E-state index is 0.0532. The van der Waals surface area contributed by atoms with Crippen LogP contribution in [-0.2, 0) is 17.8 Å². The molecule has 1 unspecified atom stereocenters. The minimum atomic E-state index is -0.0532. The fraction of sp³-hybridized carbons (Fsp3) is 0.222. The zero-order chi connectivity index (χ0) is 16.7. The third-order valence-corrected chi connectivity index (χ3v) is 3.80. The van der Waals surface area contributed by atoms with Crippen LogP contribution in [-0.4, -0.2) is 19.5 Å². The molecule has 118 valence electrons. The number of hydrogen-bond donors (Lipinski definition) is 2. The molecule has 0 aliphatic heterocycles. The highest BCUT2D eigenvalue weighted by Crippen LogP contribution is 2.13. The maximum atomic E-state index is 12.1. The van der Waals surface area contributed by atoms with E-state index < -0.39 is 0 Å². The molecule has 2 aromatic rings. The SMILES string of the molecule is C[NH+](CC(=O)Nc1ccc(CC#N)cc1)Cc1ccccc1Cl. The van der Waals surface area contributed by atoms with E-state index in [1.165, 1.54) is 0 Å². The van der Waals surface area contributed by atoms with Gasteiger partial charge in [0.15, 0.2) is 6.54 Å². The fourth-order valence-corrected chi connectivity index (χ4v) is 2.51. The van der Waals surface area contributed by atoms with Crippen molar-refractivity contribution in [3.8, 4) is 6.07 Å². The highest BCUT2D eigenvalue weighted by molar-refractivity contribution is 6.31. The van der Waals surface area contributed by atoms with E-state index in [1.807, 2.05) is 55.6 Å². The molecule has 23 heavy (non-hydrogen) atoms. The number of halogens is 1. The van der Waals surface area contributed by atoms with E-state index >= 15 is 0 Å². The molecule has 2 N–H and O–H groups in total. The first-order chi connectivity index (χ1) is 11.1. The van der Waals surface area contributed by atoms with Gasteiger partial charge in [0.2, 0.25) is 0 Å². The Kier molecular flexibility index (Phi) is 6.16. The molecule has 1 atom stereocenters. The molecule has 0 aliphatic carbocycles. The van der Waals surface area contributed by atoms with Gasteiger partial charge in [-0.15, -0.1) is 0 Å². The van der Waals surface area contributed by atoms with E-state index in [0.717, 1.165) is 26.7 Å². The van der Waals surface area contributed by atoms with Crippen LogP contribution in [0.2, 0.25) is 5.02 Å². The molecule has 0 saturated carbocycles. The van der Waals surface area contributed by atoms with Crippen molar-refractivity contribution in [2.45, 2.75) is 13.0 Å². The zero-order valence-corrected chi connectivity index (χ0v) is 13.7. The Labute approximate surface area is 141 Å². The van der Waals surface area contributed by atoms with Crippen molar-refractivity contribution in [3.63, 3.8) is 0 Å². The van der Waals surface area contributed by atoms with Crippen molar-refractivity contribution in [3.05, 3.63) is 64.7 Å². The molecule has 0 saturated heterocycles. The van der Waals surface area contributed by atoms with Crippen LogP contribution in [0.25, 0.3) is 0 Å². The average Bonchev–Trinajstić information content (AvgIpc) is 2.51. The summed E-state index contributed by atoms with van der Waals surface area (Å²) in [6, 6.07) is 17.1. The molecule has 0 aromatic heterocycles. The number of nitrogens with one attached hydrogen (secondary N) is 2. The molecule has 0 spiro atoms. The molecule has 0 bridgehead atoms. The van der Waals surface area contributed by atoms with Gasteiger partial charge in [-0.05, 0) is 23.8 Å². The number of nitrogens with zero attached hydrogens (tertiary/aromatic N) is 1. The average molecular weight is 329 g/mol. The summed E-state index contributed by atoms with van der Waals surface area (Å²) in [6.07, 6.45) is 0.374. The van der Waals surface area contributed by atoms with Gasteiger partial charge in [0.25, 0.3) is 5.91 Å². The molecule has 0 aliphatic rings. The number of carbonyl (C=O) groups excluding carboxylic acids is 1. The van der Waals surface area contributed by atoms with Crippen LogP contribution < -0.4 is 10.2 Å². The summed E-state index contributed by atoms with van der Waals surface area (Å²) in [5.41, 5.74) is 2.70. The van der Waals surface area contributed by atoms with E-state index in [9.17, 15) is 4.79 Å². The summed E-state index contributed by atoms with van der Waals surface area (Å²) in [7, 11) is 1.96. The van der Waals surface area contributed by atoms with Crippen molar-refractivity contribution in [2.75, 3.05) is 18.9 Å². The Hall–Kier alpha value is -2.35. The summed E-state index contributed by atoms with van der Waals surface area (Å²) in [4.78, 5) is 13.1. The first-order valence-corrected chi connectivity index (χ1v) is 7.76. The number of anilines is 1. The maximum Gasteiger partial charge on any atom is 0.279 e. The monoisotopic (exact) mass is 328 g/mol. The Bertz CT molecular complexity index is 707. The molecule has 5 heteroatoms. The van der Waals surface area contributed by atoms with Crippen molar-refractivity contribution in [1.29, 1.82) is 5.26 Å². The van der Waals surface area contributed by atoms with Crippen LogP contribution in [0.1, 0.15) is 11.1 Å². The molecule has 2 aromatic carbocycles. The van der Waals surface area contributed by atoms with Gasteiger partial charge in [0.1, 0.15) is 6.54 Å². The van der Waals surface area contributed by atoms with Crippen LogP contribution in [0.4, 0.5) is 5.69 Å². The van der Waals surface area contributed by atoms with Crippen LogP contribution in [0.3, 0.4) is 0 Å². The van der Waals surface area contributed by atoms with E-state index in [0.29, 0.717) is 19.5 Å². The normalized spacial score (nSPS) is 11.5. The largest absolute Gasteiger partial charge is 0.326 e. The van der Waals surface area contributed by atoms with Gasteiger partial charge in [-0.2, -0.15) is 5.26 Å². The number of rotatable bonds is 6. The summed E-state index contributed by atoms with van der Waals surface area (Å²) >= 11 is 6.14. The summed E-state index contributed by atoms with van der Waals surface area (Å²) < 4.78 is 0.